The van der Waals surface area contributed by atoms with Gasteiger partial charge in [0.2, 0.25) is 0 Å². The molecule has 0 radical (unpaired) electrons. The van der Waals surface area contributed by atoms with Gasteiger partial charge in [0.25, 0.3) is 0 Å². The number of sulfone groups is 1. The summed E-state index contributed by atoms with van der Waals surface area (Å²) in [7, 11) is -3.19. The maximum atomic E-state index is 11.7. The van der Waals surface area contributed by atoms with E-state index in [9.17, 15) is 8.42 Å². The highest BCUT2D eigenvalue weighted by Crippen LogP contribution is 2.25. The molecule has 1 aliphatic rings. The first-order valence-corrected chi connectivity index (χ1v) is 7.06. The van der Waals surface area contributed by atoms with E-state index in [2.05, 4.69) is 5.32 Å². The summed E-state index contributed by atoms with van der Waals surface area (Å²) in [6, 6.07) is 7.46. The van der Waals surface area contributed by atoms with Gasteiger partial charge in [0.05, 0.1) is 10.6 Å². The van der Waals surface area contributed by atoms with Crippen LogP contribution < -0.4 is 11.1 Å². The van der Waals surface area contributed by atoms with Crippen LogP contribution in [0.1, 0.15) is 12.8 Å². The molecular formula is C11H16N2O2S. The number of hydrogen-bond donors (Lipinski definition) is 2. The van der Waals surface area contributed by atoms with Gasteiger partial charge in [-0.3, -0.25) is 0 Å². The number of hydrogen-bond acceptors (Lipinski definition) is 4. The molecule has 3 N–H and O–H groups in total. The fraction of sp³-hybridized carbons (Fsp3) is 0.455. The van der Waals surface area contributed by atoms with Gasteiger partial charge in [-0.1, -0.05) is 0 Å². The molecular weight excluding hydrogens is 224 g/mol. The first-order valence-electron chi connectivity index (χ1n) is 5.41. The molecule has 0 unspecified atom stereocenters. The molecule has 1 aromatic carbocycles. The summed E-state index contributed by atoms with van der Waals surface area (Å²) in [5.41, 5.74) is 6.25. The van der Waals surface area contributed by atoms with Crippen LogP contribution in [0.5, 0.6) is 0 Å². The third kappa shape index (κ3) is 2.74. The van der Waals surface area contributed by atoms with E-state index in [1.165, 1.54) is 12.8 Å². The van der Waals surface area contributed by atoms with Gasteiger partial charge >= 0.3 is 0 Å². The molecule has 0 spiro atoms. The summed E-state index contributed by atoms with van der Waals surface area (Å²) < 4.78 is 23.4. The number of rotatable bonds is 5. The van der Waals surface area contributed by atoms with Crippen molar-refractivity contribution >= 4 is 15.5 Å². The van der Waals surface area contributed by atoms with Gasteiger partial charge in [-0.05, 0) is 37.1 Å². The highest BCUT2D eigenvalue weighted by Gasteiger charge is 2.21. The highest BCUT2D eigenvalue weighted by atomic mass is 32.2. The lowest BCUT2D eigenvalue weighted by atomic mass is 10.3. The fourth-order valence-electron chi connectivity index (χ4n) is 1.49. The molecule has 0 aromatic heterocycles. The summed E-state index contributed by atoms with van der Waals surface area (Å²) in [6.45, 7) is 0.157. The molecule has 1 saturated carbocycles. The molecule has 4 nitrogen and oxygen atoms in total. The van der Waals surface area contributed by atoms with Crippen LogP contribution in [0.3, 0.4) is 0 Å². The molecule has 1 fully saturated rings. The smallest absolute Gasteiger partial charge is 0.179 e. The summed E-state index contributed by atoms with van der Waals surface area (Å²) >= 11 is 0. The second kappa shape index (κ2) is 4.43. The molecule has 16 heavy (non-hydrogen) atoms. The van der Waals surface area contributed by atoms with E-state index < -0.39 is 9.84 Å². The molecule has 88 valence electrons. The second-order valence-electron chi connectivity index (χ2n) is 4.05. The monoisotopic (exact) mass is 240 g/mol. The lowest BCUT2D eigenvalue weighted by molar-refractivity contribution is 0.596. The Balaban J connectivity index is 2.11. The molecule has 1 aromatic rings. The molecule has 0 bridgehead atoms. The lowest BCUT2D eigenvalue weighted by Crippen LogP contribution is -2.15. The molecule has 5 heteroatoms. The van der Waals surface area contributed by atoms with Crippen molar-refractivity contribution in [3.63, 3.8) is 0 Å². The van der Waals surface area contributed by atoms with Gasteiger partial charge < -0.3 is 11.1 Å². The normalized spacial score (nSPS) is 16.1. The van der Waals surface area contributed by atoms with Gasteiger partial charge in [-0.2, -0.15) is 0 Å². The maximum Gasteiger partial charge on any atom is 0.179 e. The van der Waals surface area contributed by atoms with E-state index in [4.69, 9.17) is 5.73 Å². The molecule has 0 aliphatic heterocycles. The standard InChI is InChI=1S/C11H16N2O2S/c12-7-8-16(14,15)11-5-3-10(4-6-11)13-9-1-2-9/h3-6,9,13H,1-2,7-8,12H2. The molecule has 0 atom stereocenters. The van der Waals surface area contributed by atoms with E-state index in [-0.39, 0.29) is 12.3 Å². The predicted octanol–water partition coefficient (Wildman–Crippen LogP) is 0.993. The molecule has 0 heterocycles. The predicted molar refractivity (Wildman–Crippen MR) is 64.2 cm³/mol. The van der Waals surface area contributed by atoms with Gasteiger partial charge in [-0.25, -0.2) is 8.42 Å². The Morgan fingerprint density at radius 3 is 2.38 bits per heavy atom. The Kier molecular flexibility index (Phi) is 3.16. The first kappa shape index (κ1) is 11.4. The molecule has 2 rings (SSSR count). The van der Waals surface area contributed by atoms with Crippen LogP contribution in [-0.2, 0) is 9.84 Å². The van der Waals surface area contributed by atoms with Crippen molar-refractivity contribution in [1.82, 2.24) is 0 Å². The van der Waals surface area contributed by atoms with Gasteiger partial charge in [0.1, 0.15) is 0 Å². The third-order valence-corrected chi connectivity index (χ3v) is 4.31. The largest absolute Gasteiger partial charge is 0.382 e. The van der Waals surface area contributed by atoms with Crippen molar-refractivity contribution in [3.8, 4) is 0 Å². The van der Waals surface area contributed by atoms with E-state index in [0.717, 1.165) is 5.69 Å². The summed E-state index contributed by atoms with van der Waals surface area (Å²) in [5.74, 6) is 0.00238. The Bertz CT molecular complexity index is 449. The quantitative estimate of drug-likeness (QED) is 0.805. The van der Waals surface area contributed by atoms with E-state index in [1.807, 2.05) is 12.1 Å². The van der Waals surface area contributed by atoms with Crippen molar-refractivity contribution in [3.05, 3.63) is 24.3 Å². The van der Waals surface area contributed by atoms with E-state index in [1.54, 1.807) is 12.1 Å². The van der Waals surface area contributed by atoms with Gasteiger partial charge in [-0.15, -0.1) is 0 Å². The third-order valence-electron chi connectivity index (χ3n) is 2.55. The number of benzene rings is 1. The van der Waals surface area contributed by atoms with Crippen LogP contribution in [0.15, 0.2) is 29.2 Å². The number of nitrogens with two attached hydrogens (primary N) is 1. The van der Waals surface area contributed by atoms with Crippen LogP contribution >= 0.6 is 0 Å². The van der Waals surface area contributed by atoms with Gasteiger partial charge in [0.15, 0.2) is 9.84 Å². The SMILES string of the molecule is NCCS(=O)(=O)c1ccc(NC2CC2)cc1. The van der Waals surface area contributed by atoms with Crippen molar-refractivity contribution in [1.29, 1.82) is 0 Å². The minimum atomic E-state index is -3.19. The molecule has 0 amide bonds. The Hall–Kier alpha value is -1.07. The fourth-order valence-corrected chi connectivity index (χ4v) is 2.59. The minimum Gasteiger partial charge on any atom is -0.382 e. The van der Waals surface area contributed by atoms with Crippen LogP contribution in [0.4, 0.5) is 5.69 Å². The highest BCUT2D eigenvalue weighted by molar-refractivity contribution is 7.91. The maximum absolute atomic E-state index is 11.7. The lowest BCUT2D eigenvalue weighted by Gasteiger charge is -2.06. The Morgan fingerprint density at radius 1 is 1.25 bits per heavy atom. The zero-order valence-corrected chi connectivity index (χ0v) is 9.83. The van der Waals surface area contributed by atoms with Crippen molar-refractivity contribution in [2.45, 2.75) is 23.8 Å². The van der Waals surface area contributed by atoms with Crippen LogP contribution in [0, 0.1) is 0 Å². The van der Waals surface area contributed by atoms with Gasteiger partial charge in [0, 0.05) is 18.3 Å². The Labute approximate surface area is 95.8 Å². The van der Waals surface area contributed by atoms with Crippen molar-refractivity contribution < 1.29 is 8.42 Å². The van der Waals surface area contributed by atoms with Crippen molar-refractivity contribution in [2.24, 2.45) is 5.73 Å². The second-order valence-corrected chi connectivity index (χ2v) is 6.16. The van der Waals surface area contributed by atoms with Crippen LogP contribution in [0.2, 0.25) is 0 Å². The average Bonchev–Trinajstić information content (AvgIpc) is 3.02. The van der Waals surface area contributed by atoms with Crippen LogP contribution in [0.25, 0.3) is 0 Å². The zero-order chi connectivity index (χ0) is 11.6. The first-order chi connectivity index (χ1) is 7.62. The molecule has 0 saturated heterocycles. The average molecular weight is 240 g/mol. The number of nitrogens with one attached hydrogen (secondary N) is 1. The topological polar surface area (TPSA) is 72.2 Å². The van der Waals surface area contributed by atoms with E-state index >= 15 is 0 Å². The zero-order valence-electron chi connectivity index (χ0n) is 9.02. The van der Waals surface area contributed by atoms with E-state index in [0.29, 0.717) is 10.9 Å². The summed E-state index contributed by atoms with van der Waals surface area (Å²) in [6.07, 6.45) is 2.40. The Morgan fingerprint density at radius 2 is 1.88 bits per heavy atom. The molecule has 1 aliphatic carbocycles. The number of anilines is 1. The summed E-state index contributed by atoms with van der Waals surface area (Å²) in [5, 5.41) is 3.31. The minimum absolute atomic E-state index is 0.00238. The van der Waals surface area contributed by atoms with Crippen LogP contribution in [-0.4, -0.2) is 26.8 Å². The summed E-state index contributed by atoms with van der Waals surface area (Å²) in [4.78, 5) is 0.347. The van der Waals surface area contributed by atoms with Crippen molar-refractivity contribution in [2.75, 3.05) is 17.6 Å².